The predicted octanol–water partition coefficient (Wildman–Crippen LogP) is 2.13. The molecule has 1 aromatic carbocycles. The smallest absolute Gasteiger partial charge is 0.115 e. The molecule has 1 saturated heterocycles. The molecular weight excluding hydrogens is 193 g/mol. The van der Waals surface area contributed by atoms with Crippen molar-refractivity contribution in [3.05, 3.63) is 34.9 Å². The minimum atomic E-state index is -0.409. The molecule has 82 valence electrons. The Morgan fingerprint density at radius 2 is 2.40 bits per heavy atom. The van der Waals surface area contributed by atoms with Crippen LogP contribution in [0.2, 0.25) is 0 Å². The number of aryl methyl sites for hydroxylation is 1. The molecule has 2 rings (SSSR count). The highest BCUT2D eigenvalue weighted by molar-refractivity contribution is 5.33. The second kappa shape index (κ2) is 4.73. The van der Waals surface area contributed by atoms with Crippen molar-refractivity contribution >= 4 is 0 Å². The van der Waals surface area contributed by atoms with Gasteiger partial charge in [0, 0.05) is 13.1 Å². The molecule has 1 heterocycles. The van der Waals surface area contributed by atoms with E-state index in [1.807, 2.05) is 25.1 Å². The van der Waals surface area contributed by atoms with Gasteiger partial charge >= 0.3 is 0 Å². The summed E-state index contributed by atoms with van der Waals surface area (Å²) in [6.07, 6.45) is 0.0743. The summed E-state index contributed by atoms with van der Waals surface area (Å²) in [5.41, 5.74) is 3.00. The molecule has 0 radical (unpaired) electrons. The fourth-order valence-corrected chi connectivity index (χ4v) is 1.89. The Labute approximate surface area is 89.4 Å². The van der Waals surface area contributed by atoms with Crippen LogP contribution in [-0.4, -0.2) is 19.7 Å². The summed E-state index contributed by atoms with van der Waals surface area (Å²) in [5.74, 6) is 0. The lowest BCUT2D eigenvalue weighted by Gasteiger charge is -2.25. The van der Waals surface area contributed by atoms with Crippen LogP contribution in [0.3, 0.4) is 0 Å². The molecule has 1 aromatic rings. The van der Waals surface area contributed by atoms with Crippen molar-refractivity contribution in [1.82, 2.24) is 5.32 Å². The van der Waals surface area contributed by atoms with E-state index >= 15 is 0 Å². The van der Waals surface area contributed by atoms with E-state index in [9.17, 15) is 4.39 Å². The number of ether oxygens (including phenoxy) is 1. The van der Waals surface area contributed by atoms with Gasteiger partial charge in [0.1, 0.15) is 6.67 Å². The van der Waals surface area contributed by atoms with Gasteiger partial charge in [0.15, 0.2) is 0 Å². The van der Waals surface area contributed by atoms with Gasteiger partial charge in [-0.1, -0.05) is 18.2 Å². The molecule has 3 heteroatoms. The molecule has 15 heavy (non-hydrogen) atoms. The van der Waals surface area contributed by atoms with Gasteiger partial charge in [0.05, 0.1) is 12.7 Å². The monoisotopic (exact) mass is 209 g/mol. The summed E-state index contributed by atoms with van der Waals surface area (Å²) < 4.78 is 18.2. The van der Waals surface area contributed by atoms with E-state index < -0.39 is 6.67 Å². The van der Waals surface area contributed by atoms with Crippen LogP contribution >= 0.6 is 0 Å². The molecule has 0 bridgehead atoms. The highest BCUT2D eigenvalue weighted by atomic mass is 19.1. The first kappa shape index (κ1) is 10.6. The maximum Gasteiger partial charge on any atom is 0.115 e. The van der Waals surface area contributed by atoms with E-state index in [0.29, 0.717) is 0 Å². The van der Waals surface area contributed by atoms with Gasteiger partial charge in [-0.25, -0.2) is 4.39 Å². The van der Waals surface area contributed by atoms with Gasteiger partial charge in [0.25, 0.3) is 0 Å². The first-order valence-electron chi connectivity index (χ1n) is 5.29. The molecule has 1 fully saturated rings. The van der Waals surface area contributed by atoms with Crippen molar-refractivity contribution in [2.75, 3.05) is 19.7 Å². The number of morpholine rings is 1. The van der Waals surface area contributed by atoms with Gasteiger partial charge in [-0.3, -0.25) is 0 Å². The average molecular weight is 209 g/mol. The number of hydrogen-bond acceptors (Lipinski definition) is 2. The van der Waals surface area contributed by atoms with Crippen LogP contribution in [0.15, 0.2) is 18.2 Å². The maximum absolute atomic E-state index is 12.5. The molecule has 1 N–H and O–H groups in total. The van der Waals surface area contributed by atoms with Crippen molar-refractivity contribution in [2.45, 2.75) is 19.7 Å². The van der Waals surface area contributed by atoms with Gasteiger partial charge in [-0.2, -0.15) is 0 Å². The Kier molecular flexibility index (Phi) is 3.34. The molecule has 1 aliphatic heterocycles. The zero-order chi connectivity index (χ0) is 10.7. The van der Waals surface area contributed by atoms with Gasteiger partial charge in [0.2, 0.25) is 0 Å². The van der Waals surface area contributed by atoms with E-state index in [1.165, 1.54) is 5.56 Å². The number of benzene rings is 1. The van der Waals surface area contributed by atoms with Gasteiger partial charge < -0.3 is 10.1 Å². The quantitative estimate of drug-likeness (QED) is 0.805. The number of halogens is 1. The molecule has 0 spiro atoms. The highest BCUT2D eigenvalue weighted by Crippen LogP contribution is 2.23. The van der Waals surface area contributed by atoms with E-state index in [4.69, 9.17) is 4.74 Å². The van der Waals surface area contributed by atoms with Gasteiger partial charge in [-0.05, 0) is 23.6 Å². The number of rotatable bonds is 2. The molecule has 2 nitrogen and oxygen atoms in total. The summed E-state index contributed by atoms with van der Waals surface area (Å²) in [4.78, 5) is 0. The van der Waals surface area contributed by atoms with Crippen LogP contribution < -0.4 is 5.32 Å². The second-order valence-corrected chi connectivity index (χ2v) is 3.89. The number of hydrogen-bond donors (Lipinski definition) is 1. The third-order valence-electron chi connectivity index (χ3n) is 2.77. The van der Waals surface area contributed by atoms with E-state index in [-0.39, 0.29) is 6.10 Å². The third kappa shape index (κ3) is 2.36. The third-order valence-corrected chi connectivity index (χ3v) is 2.77. The van der Waals surface area contributed by atoms with E-state index in [1.54, 1.807) is 0 Å². The van der Waals surface area contributed by atoms with Gasteiger partial charge in [-0.15, -0.1) is 0 Å². The highest BCUT2D eigenvalue weighted by Gasteiger charge is 2.17. The SMILES string of the molecule is Cc1ccc(CF)cc1C1CNCCO1. The second-order valence-electron chi connectivity index (χ2n) is 3.89. The molecule has 1 atom stereocenters. The average Bonchev–Trinajstić information content (AvgIpc) is 2.31. The first-order chi connectivity index (χ1) is 7.31. The lowest BCUT2D eigenvalue weighted by Crippen LogP contribution is -2.33. The van der Waals surface area contributed by atoms with Crippen LogP contribution in [0.4, 0.5) is 4.39 Å². The van der Waals surface area contributed by atoms with Crippen molar-refractivity contribution < 1.29 is 9.13 Å². The molecule has 1 aliphatic rings. The fraction of sp³-hybridized carbons (Fsp3) is 0.500. The van der Waals surface area contributed by atoms with Crippen LogP contribution in [0.25, 0.3) is 0 Å². The van der Waals surface area contributed by atoms with Crippen molar-refractivity contribution in [3.63, 3.8) is 0 Å². The Balaban J connectivity index is 2.24. The lowest BCUT2D eigenvalue weighted by atomic mass is 10.00. The standard InChI is InChI=1S/C12H16FNO/c1-9-2-3-10(7-13)6-11(9)12-8-14-4-5-15-12/h2-3,6,12,14H,4-5,7-8H2,1H3. The molecule has 0 aliphatic carbocycles. The minimum absolute atomic E-state index is 0.0743. The van der Waals surface area contributed by atoms with E-state index in [0.717, 1.165) is 30.8 Å². The van der Waals surface area contributed by atoms with E-state index in [2.05, 4.69) is 5.32 Å². The molecular formula is C12H16FNO. The van der Waals surface area contributed by atoms with Crippen LogP contribution in [-0.2, 0) is 11.4 Å². The summed E-state index contributed by atoms with van der Waals surface area (Å²) in [6.45, 7) is 4.07. The Morgan fingerprint density at radius 3 is 3.07 bits per heavy atom. The largest absolute Gasteiger partial charge is 0.371 e. The first-order valence-corrected chi connectivity index (χ1v) is 5.29. The van der Waals surface area contributed by atoms with Crippen molar-refractivity contribution in [1.29, 1.82) is 0 Å². The fourth-order valence-electron chi connectivity index (χ4n) is 1.89. The normalized spacial score (nSPS) is 21.6. The Hall–Kier alpha value is -0.930. The van der Waals surface area contributed by atoms with Crippen LogP contribution in [0.5, 0.6) is 0 Å². The van der Waals surface area contributed by atoms with Crippen LogP contribution in [0.1, 0.15) is 22.8 Å². The molecule has 0 aromatic heterocycles. The summed E-state index contributed by atoms with van der Waals surface area (Å²) in [6, 6.07) is 5.70. The molecule has 1 unspecified atom stereocenters. The number of nitrogens with one attached hydrogen (secondary N) is 1. The Morgan fingerprint density at radius 1 is 1.53 bits per heavy atom. The summed E-state index contributed by atoms with van der Waals surface area (Å²) in [5, 5.41) is 3.28. The minimum Gasteiger partial charge on any atom is -0.371 e. The summed E-state index contributed by atoms with van der Waals surface area (Å²) >= 11 is 0. The molecule has 0 saturated carbocycles. The molecule has 0 amide bonds. The van der Waals surface area contributed by atoms with Crippen LogP contribution in [0, 0.1) is 6.92 Å². The predicted molar refractivity (Wildman–Crippen MR) is 57.6 cm³/mol. The zero-order valence-corrected chi connectivity index (χ0v) is 8.92. The number of alkyl halides is 1. The van der Waals surface area contributed by atoms with Crippen molar-refractivity contribution in [3.8, 4) is 0 Å². The van der Waals surface area contributed by atoms with Crippen molar-refractivity contribution in [2.24, 2.45) is 0 Å². The summed E-state index contributed by atoms with van der Waals surface area (Å²) in [7, 11) is 0. The lowest BCUT2D eigenvalue weighted by molar-refractivity contribution is 0.0272. The Bertz CT molecular complexity index is 334. The zero-order valence-electron chi connectivity index (χ0n) is 8.92. The topological polar surface area (TPSA) is 21.3 Å². The maximum atomic E-state index is 12.5.